The molecule has 1 aliphatic heterocycles. The summed E-state index contributed by atoms with van der Waals surface area (Å²) in [6.45, 7) is 8.45. The van der Waals surface area contributed by atoms with E-state index in [2.05, 4.69) is 24.1 Å². The average Bonchev–Trinajstić information content (AvgIpc) is 2.19. The van der Waals surface area contributed by atoms with E-state index in [4.69, 9.17) is 0 Å². The lowest BCUT2D eigenvalue weighted by Gasteiger charge is -2.49. The summed E-state index contributed by atoms with van der Waals surface area (Å²) in [4.78, 5) is 2.75. The fourth-order valence-corrected chi connectivity index (χ4v) is 3.24. The first-order valence-electron chi connectivity index (χ1n) is 6.20. The minimum atomic E-state index is 0.514. The van der Waals surface area contributed by atoms with E-state index in [1.807, 2.05) is 0 Å². The molecule has 0 aromatic heterocycles. The summed E-state index contributed by atoms with van der Waals surface area (Å²) >= 11 is 0. The molecule has 0 radical (unpaired) electrons. The van der Waals surface area contributed by atoms with Crippen molar-refractivity contribution in [1.82, 2.24) is 10.2 Å². The Morgan fingerprint density at radius 1 is 1.21 bits per heavy atom. The van der Waals surface area contributed by atoms with Gasteiger partial charge in [-0.1, -0.05) is 19.3 Å². The molecule has 1 N–H and O–H groups in total. The highest BCUT2D eigenvalue weighted by molar-refractivity contribution is 4.93. The van der Waals surface area contributed by atoms with Crippen molar-refractivity contribution in [3.8, 4) is 0 Å². The van der Waals surface area contributed by atoms with Crippen LogP contribution in [0.25, 0.3) is 0 Å². The van der Waals surface area contributed by atoms with Gasteiger partial charge in [-0.2, -0.15) is 0 Å². The fraction of sp³-hybridized carbons (Fsp3) is 1.00. The third-order valence-corrected chi connectivity index (χ3v) is 4.13. The number of nitrogens with zero attached hydrogens (tertiary/aromatic N) is 1. The first kappa shape index (κ1) is 10.4. The van der Waals surface area contributed by atoms with Crippen LogP contribution in [-0.2, 0) is 0 Å². The molecule has 2 aliphatic rings. The molecule has 1 atom stereocenters. The summed E-state index contributed by atoms with van der Waals surface area (Å²) in [7, 11) is 0. The second-order valence-electron chi connectivity index (χ2n) is 5.30. The van der Waals surface area contributed by atoms with E-state index < -0.39 is 0 Å². The molecule has 1 heterocycles. The summed E-state index contributed by atoms with van der Waals surface area (Å²) < 4.78 is 0. The van der Waals surface area contributed by atoms with Gasteiger partial charge in [0.15, 0.2) is 0 Å². The zero-order chi connectivity index (χ0) is 10.0. The van der Waals surface area contributed by atoms with Crippen LogP contribution >= 0.6 is 0 Å². The van der Waals surface area contributed by atoms with Crippen LogP contribution in [0.15, 0.2) is 0 Å². The molecule has 0 aromatic rings. The zero-order valence-electron chi connectivity index (χ0n) is 9.68. The average molecular weight is 196 g/mol. The summed E-state index contributed by atoms with van der Waals surface area (Å²) in [5.41, 5.74) is 0.514. The summed E-state index contributed by atoms with van der Waals surface area (Å²) in [6.07, 6.45) is 7.16. The van der Waals surface area contributed by atoms with E-state index >= 15 is 0 Å². The van der Waals surface area contributed by atoms with E-state index in [1.54, 1.807) is 0 Å². The second-order valence-corrected chi connectivity index (χ2v) is 5.30. The molecule has 1 aliphatic carbocycles. The predicted octanol–water partition coefficient (Wildman–Crippen LogP) is 2.00. The molecular formula is C12H24N2. The highest BCUT2D eigenvalue weighted by Gasteiger charge is 2.36. The lowest BCUT2D eigenvalue weighted by atomic mass is 9.80. The number of hydrogen-bond donors (Lipinski definition) is 1. The quantitative estimate of drug-likeness (QED) is 0.690. The van der Waals surface area contributed by atoms with E-state index in [9.17, 15) is 0 Å². The molecule has 0 amide bonds. The van der Waals surface area contributed by atoms with E-state index in [0.717, 1.165) is 6.04 Å². The lowest BCUT2D eigenvalue weighted by Crippen LogP contribution is -2.59. The summed E-state index contributed by atoms with van der Waals surface area (Å²) in [6, 6.07) is 0.729. The van der Waals surface area contributed by atoms with Crippen LogP contribution in [0.1, 0.15) is 46.0 Å². The van der Waals surface area contributed by atoms with Gasteiger partial charge in [-0.25, -0.2) is 0 Å². The van der Waals surface area contributed by atoms with Crippen LogP contribution in [0.4, 0.5) is 0 Å². The molecule has 1 unspecified atom stereocenters. The monoisotopic (exact) mass is 196 g/mol. The standard InChI is InChI=1S/C12H24N2/c1-11-10-13-8-9-14(11)12(2)6-4-3-5-7-12/h11,13H,3-10H2,1-2H3. The maximum atomic E-state index is 3.48. The van der Waals surface area contributed by atoms with Crippen LogP contribution in [0.2, 0.25) is 0 Å². The van der Waals surface area contributed by atoms with Gasteiger partial charge in [-0.05, 0) is 26.7 Å². The van der Waals surface area contributed by atoms with Crippen LogP contribution in [0, 0.1) is 0 Å². The molecule has 2 nitrogen and oxygen atoms in total. The third kappa shape index (κ3) is 1.96. The largest absolute Gasteiger partial charge is 0.314 e. The van der Waals surface area contributed by atoms with Crippen LogP contribution in [0.3, 0.4) is 0 Å². The van der Waals surface area contributed by atoms with Crippen molar-refractivity contribution in [3.05, 3.63) is 0 Å². The van der Waals surface area contributed by atoms with Gasteiger partial charge in [0.2, 0.25) is 0 Å². The van der Waals surface area contributed by atoms with Crippen LogP contribution in [0.5, 0.6) is 0 Å². The van der Waals surface area contributed by atoms with Crippen LogP contribution < -0.4 is 5.32 Å². The molecule has 0 bridgehead atoms. The molecule has 0 spiro atoms. The van der Waals surface area contributed by atoms with Crippen molar-refractivity contribution in [2.24, 2.45) is 0 Å². The molecule has 2 fully saturated rings. The molecule has 14 heavy (non-hydrogen) atoms. The third-order valence-electron chi connectivity index (χ3n) is 4.13. The Balaban J connectivity index is 2.02. The normalized spacial score (nSPS) is 34.3. The molecule has 0 aromatic carbocycles. The zero-order valence-corrected chi connectivity index (χ0v) is 9.68. The van der Waals surface area contributed by atoms with Gasteiger partial charge in [0.25, 0.3) is 0 Å². The van der Waals surface area contributed by atoms with Crippen LogP contribution in [-0.4, -0.2) is 36.1 Å². The summed E-state index contributed by atoms with van der Waals surface area (Å²) in [5.74, 6) is 0. The van der Waals surface area contributed by atoms with Gasteiger partial charge in [0.05, 0.1) is 0 Å². The maximum absolute atomic E-state index is 3.48. The molecule has 82 valence electrons. The molecule has 1 saturated carbocycles. The first-order valence-corrected chi connectivity index (χ1v) is 6.20. The first-order chi connectivity index (χ1) is 6.72. The summed E-state index contributed by atoms with van der Waals surface area (Å²) in [5, 5.41) is 3.48. The maximum Gasteiger partial charge on any atom is 0.0198 e. The van der Waals surface area contributed by atoms with Gasteiger partial charge in [-0.15, -0.1) is 0 Å². The Morgan fingerprint density at radius 3 is 2.57 bits per heavy atom. The van der Waals surface area contributed by atoms with E-state index in [1.165, 1.54) is 51.7 Å². The van der Waals surface area contributed by atoms with Gasteiger partial charge in [0.1, 0.15) is 0 Å². The topological polar surface area (TPSA) is 15.3 Å². The highest BCUT2D eigenvalue weighted by Crippen LogP contribution is 2.34. The number of piperazine rings is 1. The Hall–Kier alpha value is -0.0800. The second kappa shape index (κ2) is 4.19. The van der Waals surface area contributed by atoms with Gasteiger partial charge in [-0.3, -0.25) is 4.90 Å². The smallest absolute Gasteiger partial charge is 0.0198 e. The fourth-order valence-electron chi connectivity index (χ4n) is 3.24. The van der Waals surface area contributed by atoms with E-state index in [0.29, 0.717) is 5.54 Å². The predicted molar refractivity (Wildman–Crippen MR) is 60.5 cm³/mol. The Kier molecular flexibility index (Phi) is 3.13. The van der Waals surface area contributed by atoms with E-state index in [-0.39, 0.29) is 0 Å². The minimum Gasteiger partial charge on any atom is -0.314 e. The molecule has 1 saturated heterocycles. The lowest BCUT2D eigenvalue weighted by molar-refractivity contribution is 0.0182. The number of nitrogens with one attached hydrogen (secondary N) is 1. The Morgan fingerprint density at radius 2 is 1.93 bits per heavy atom. The van der Waals surface area contributed by atoms with Gasteiger partial charge in [0, 0.05) is 31.2 Å². The van der Waals surface area contributed by atoms with Crippen molar-refractivity contribution < 1.29 is 0 Å². The minimum absolute atomic E-state index is 0.514. The van der Waals surface area contributed by atoms with Crippen molar-refractivity contribution in [2.75, 3.05) is 19.6 Å². The van der Waals surface area contributed by atoms with Gasteiger partial charge >= 0.3 is 0 Å². The number of rotatable bonds is 1. The van der Waals surface area contributed by atoms with Gasteiger partial charge < -0.3 is 5.32 Å². The van der Waals surface area contributed by atoms with Crippen molar-refractivity contribution >= 4 is 0 Å². The molecule has 2 rings (SSSR count). The van der Waals surface area contributed by atoms with Crippen molar-refractivity contribution in [2.45, 2.75) is 57.5 Å². The van der Waals surface area contributed by atoms with Crippen molar-refractivity contribution in [3.63, 3.8) is 0 Å². The number of hydrogen-bond acceptors (Lipinski definition) is 2. The molecular weight excluding hydrogens is 172 g/mol. The Labute approximate surface area is 88.1 Å². The van der Waals surface area contributed by atoms with Crippen molar-refractivity contribution in [1.29, 1.82) is 0 Å². The Bertz CT molecular complexity index is 185. The molecule has 2 heteroatoms. The SMILES string of the molecule is CC1CNCCN1C1(C)CCCCC1. The highest BCUT2D eigenvalue weighted by atomic mass is 15.3.